The third-order valence-corrected chi connectivity index (χ3v) is 3.85. The van der Waals surface area contributed by atoms with Crippen molar-refractivity contribution < 1.29 is 17.2 Å². The van der Waals surface area contributed by atoms with Crippen molar-refractivity contribution in [2.75, 3.05) is 32.7 Å². The fraction of sp³-hybridized carbons (Fsp3) is 0.857. The summed E-state index contributed by atoms with van der Waals surface area (Å²) in [4.78, 5) is 1.75. The van der Waals surface area contributed by atoms with Crippen LogP contribution in [0.5, 0.6) is 0 Å². The van der Waals surface area contributed by atoms with Gasteiger partial charge in [-0.1, -0.05) is 0 Å². The van der Waals surface area contributed by atoms with Crippen LogP contribution in [0.15, 0.2) is 0 Å². The van der Waals surface area contributed by atoms with Gasteiger partial charge in [0.05, 0.1) is 6.54 Å². The molecule has 0 spiro atoms. The number of nitrogens with two attached hydrogens (primary N) is 1. The van der Waals surface area contributed by atoms with Crippen molar-refractivity contribution in [3.8, 4) is 0 Å². The molecule has 1 saturated heterocycles. The summed E-state index contributed by atoms with van der Waals surface area (Å²) >= 11 is 0. The summed E-state index contributed by atoms with van der Waals surface area (Å²) < 4.78 is 47.4. The normalized spacial score (nSPS) is 20.2. The molecule has 0 bridgehead atoms. The Balaban J connectivity index is 2.52. The van der Waals surface area contributed by atoms with Crippen LogP contribution in [0.1, 0.15) is 0 Å². The van der Waals surface area contributed by atoms with Gasteiger partial charge < -0.3 is 5.73 Å². The summed E-state index contributed by atoms with van der Waals surface area (Å²) in [5.41, 5.74) is 5.18. The van der Waals surface area contributed by atoms with E-state index in [1.807, 2.05) is 0 Å². The first kappa shape index (κ1) is 13.3. The first-order valence-corrected chi connectivity index (χ1v) is 6.16. The van der Waals surface area contributed by atoms with Crippen LogP contribution >= 0.6 is 0 Å². The summed E-state index contributed by atoms with van der Waals surface area (Å²) in [6.07, 6.45) is 0. The van der Waals surface area contributed by atoms with Crippen LogP contribution in [0.25, 0.3) is 0 Å². The average Bonchev–Trinajstić information content (AvgIpc) is 2.17. The number of nitrogens with zero attached hydrogens (tertiary/aromatic N) is 2. The zero-order valence-corrected chi connectivity index (χ0v) is 9.38. The SMILES string of the molecule is N=C(N)CN1CCN(S(=O)(=O)C(F)F)CC1. The van der Waals surface area contributed by atoms with Crippen molar-refractivity contribution >= 4 is 15.9 Å². The minimum Gasteiger partial charge on any atom is -0.387 e. The number of alkyl halides is 2. The third kappa shape index (κ3) is 3.09. The van der Waals surface area contributed by atoms with Crippen LogP contribution in [0, 0.1) is 5.41 Å². The molecular formula is C7H14F2N4O2S. The second kappa shape index (κ2) is 5.02. The molecule has 9 heteroatoms. The maximum atomic E-state index is 12.2. The van der Waals surface area contributed by atoms with Crippen molar-refractivity contribution in [2.24, 2.45) is 5.73 Å². The summed E-state index contributed by atoms with van der Waals surface area (Å²) in [5.74, 6) is -3.39. The second-order valence-corrected chi connectivity index (χ2v) is 5.41. The highest BCUT2D eigenvalue weighted by Gasteiger charge is 2.34. The van der Waals surface area contributed by atoms with Gasteiger partial charge in [-0.15, -0.1) is 0 Å². The lowest BCUT2D eigenvalue weighted by atomic mass is 10.3. The largest absolute Gasteiger partial charge is 0.387 e. The molecule has 0 amide bonds. The molecule has 1 fully saturated rings. The van der Waals surface area contributed by atoms with E-state index < -0.39 is 15.8 Å². The van der Waals surface area contributed by atoms with Crippen LogP contribution in [0.2, 0.25) is 0 Å². The molecule has 0 radical (unpaired) electrons. The number of amidine groups is 1. The first-order chi connectivity index (χ1) is 7.34. The molecule has 16 heavy (non-hydrogen) atoms. The molecule has 94 valence electrons. The third-order valence-electron chi connectivity index (χ3n) is 2.31. The molecule has 0 aromatic carbocycles. The molecule has 6 nitrogen and oxygen atoms in total. The lowest BCUT2D eigenvalue weighted by molar-refractivity contribution is 0.181. The van der Waals surface area contributed by atoms with Gasteiger partial charge in [0.25, 0.3) is 10.0 Å². The zero-order chi connectivity index (χ0) is 12.3. The Hall–Kier alpha value is -0.800. The highest BCUT2D eigenvalue weighted by Crippen LogP contribution is 2.14. The molecule has 3 N–H and O–H groups in total. The fourth-order valence-electron chi connectivity index (χ4n) is 1.50. The standard InChI is InChI=1S/C7H14F2N4O2S/c8-7(9)16(14,15)13-3-1-12(2-4-13)5-6(10)11/h7H,1-5H2,(H3,10,11). The molecule has 0 atom stereocenters. The fourth-order valence-corrected chi connectivity index (χ4v) is 2.39. The van der Waals surface area contributed by atoms with Gasteiger partial charge in [-0.3, -0.25) is 10.3 Å². The van der Waals surface area contributed by atoms with E-state index in [1.54, 1.807) is 4.90 Å². The number of hydrogen-bond acceptors (Lipinski definition) is 4. The predicted molar refractivity (Wildman–Crippen MR) is 54.9 cm³/mol. The van der Waals surface area contributed by atoms with Gasteiger partial charge >= 0.3 is 5.76 Å². The van der Waals surface area contributed by atoms with Gasteiger partial charge in [0, 0.05) is 26.2 Å². The molecule has 1 rings (SSSR count). The van der Waals surface area contributed by atoms with E-state index in [2.05, 4.69) is 0 Å². The number of hydrogen-bond donors (Lipinski definition) is 2. The Bertz CT molecular complexity index is 351. The van der Waals surface area contributed by atoms with Crippen molar-refractivity contribution in [1.82, 2.24) is 9.21 Å². The molecule has 0 saturated carbocycles. The minimum absolute atomic E-state index is 0.0138. The van der Waals surface area contributed by atoms with Gasteiger partial charge in [0.15, 0.2) is 0 Å². The maximum Gasteiger partial charge on any atom is 0.350 e. The minimum atomic E-state index is -4.46. The van der Waals surface area contributed by atoms with Crippen molar-refractivity contribution in [2.45, 2.75) is 5.76 Å². The first-order valence-electron chi connectivity index (χ1n) is 4.66. The van der Waals surface area contributed by atoms with E-state index in [9.17, 15) is 17.2 Å². The monoisotopic (exact) mass is 256 g/mol. The molecule has 0 aromatic rings. The van der Waals surface area contributed by atoms with Crippen molar-refractivity contribution in [1.29, 1.82) is 5.41 Å². The van der Waals surface area contributed by atoms with Crippen molar-refractivity contribution in [3.05, 3.63) is 0 Å². The quantitative estimate of drug-likeness (QED) is 0.503. The number of piperazine rings is 1. The molecule has 0 aromatic heterocycles. The van der Waals surface area contributed by atoms with E-state index in [0.717, 1.165) is 4.31 Å². The van der Waals surface area contributed by atoms with Crippen LogP contribution in [0.4, 0.5) is 8.78 Å². The Morgan fingerprint density at radius 2 is 1.81 bits per heavy atom. The number of halogens is 2. The topological polar surface area (TPSA) is 90.5 Å². The summed E-state index contributed by atoms with van der Waals surface area (Å²) in [7, 11) is -4.46. The molecule has 0 aliphatic carbocycles. The zero-order valence-electron chi connectivity index (χ0n) is 8.57. The number of nitrogens with one attached hydrogen (secondary N) is 1. The van der Waals surface area contributed by atoms with E-state index in [1.165, 1.54) is 0 Å². The van der Waals surface area contributed by atoms with E-state index in [0.29, 0.717) is 13.1 Å². The Labute approximate surface area is 92.6 Å². The van der Waals surface area contributed by atoms with Crippen LogP contribution in [0.3, 0.4) is 0 Å². The summed E-state index contributed by atoms with van der Waals surface area (Å²) in [6, 6.07) is 0. The average molecular weight is 256 g/mol. The lowest BCUT2D eigenvalue weighted by Gasteiger charge is -2.33. The Kier molecular flexibility index (Phi) is 4.16. The van der Waals surface area contributed by atoms with E-state index in [-0.39, 0.29) is 25.5 Å². The number of rotatable bonds is 4. The lowest BCUT2D eigenvalue weighted by Crippen LogP contribution is -2.51. The van der Waals surface area contributed by atoms with Gasteiger partial charge in [-0.25, -0.2) is 8.42 Å². The van der Waals surface area contributed by atoms with Crippen LogP contribution < -0.4 is 5.73 Å². The van der Waals surface area contributed by atoms with Gasteiger partial charge in [-0.2, -0.15) is 13.1 Å². The second-order valence-electron chi connectivity index (χ2n) is 3.51. The maximum absolute atomic E-state index is 12.2. The van der Waals surface area contributed by atoms with Crippen LogP contribution in [-0.2, 0) is 10.0 Å². The number of sulfonamides is 1. The molecule has 1 aliphatic heterocycles. The van der Waals surface area contributed by atoms with E-state index >= 15 is 0 Å². The summed E-state index contributed by atoms with van der Waals surface area (Å²) in [5, 5.41) is 7.06. The summed E-state index contributed by atoms with van der Waals surface area (Å²) in [6.45, 7) is 0.888. The predicted octanol–water partition coefficient (Wildman–Crippen LogP) is -0.908. The smallest absolute Gasteiger partial charge is 0.350 e. The van der Waals surface area contributed by atoms with Crippen LogP contribution in [-0.4, -0.2) is 61.9 Å². The molecule has 1 aliphatic rings. The molecule has 0 unspecified atom stereocenters. The Morgan fingerprint density at radius 3 is 2.19 bits per heavy atom. The van der Waals surface area contributed by atoms with Gasteiger partial charge in [0.1, 0.15) is 5.84 Å². The highest BCUT2D eigenvalue weighted by molar-refractivity contribution is 7.89. The highest BCUT2D eigenvalue weighted by atomic mass is 32.2. The molecule has 1 heterocycles. The van der Waals surface area contributed by atoms with E-state index in [4.69, 9.17) is 11.1 Å². The van der Waals surface area contributed by atoms with Gasteiger partial charge in [0.2, 0.25) is 0 Å². The van der Waals surface area contributed by atoms with Crippen molar-refractivity contribution in [3.63, 3.8) is 0 Å². The Morgan fingerprint density at radius 1 is 1.31 bits per heavy atom. The van der Waals surface area contributed by atoms with Gasteiger partial charge in [-0.05, 0) is 0 Å². The molecular weight excluding hydrogens is 242 g/mol.